The van der Waals surface area contributed by atoms with E-state index in [1.165, 1.54) is 0 Å². The predicted molar refractivity (Wildman–Crippen MR) is 96.7 cm³/mol. The number of aromatic nitrogens is 4. The van der Waals surface area contributed by atoms with Gasteiger partial charge in [-0.1, -0.05) is 12.8 Å². The van der Waals surface area contributed by atoms with Gasteiger partial charge < -0.3 is 14.7 Å². The van der Waals surface area contributed by atoms with Gasteiger partial charge in [0.15, 0.2) is 5.82 Å². The molecule has 4 rings (SSSR count). The SMILES string of the molecule is O=C(C1CCCC1)N1[C@H](CO)CC[C@@H]1c1nnnn1CCN1CCOCC1. The van der Waals surface area contributed by atoms with Crippen molar-refractivity contribution in [3.8, 4) is 0 Å². The number of nitrogens with zero attached hydrogens (tertiary/aromatic N) is 6. The van der Waals surface area contributed by atoms with Gasteiger partial charge in [0.25, 0.3) is 0 Å². The number of tetrazole rings is 1. The van der Waals surface area contributed by atoms with Crippen molar-refractivity contribution in [2.75, 3.05) is 39.5 Å². The summed E-state index contributed by atoms with van der Waals surface area (Å²) in [5.41, 5.74) is 0. The van der Waals surface area contributed by atoms with Gasteiger partial charge in [-0.15, -0.1) is 5.10 Å². The average Bonchev–Trinajstić information content (AvgIpc) is 3.46. The molecule has 0 unspecified atom stereocenters. The van der Waals surface area contributed by atoms with Gasteiger partial charge >= 0.3 is 0 Å². The van der Waals surface area contributed by atoms with E-state index in [9.17, 15) is 9.90 Å². The van der Waals surface area contributed by atoms with Crippen LogP contribution in [0.3, 0.4) is 0 Å². The number of amides is 1. The Labute approximate surface area is 159 Å². The average molecular weight is 378 g/mol. The highest BCUT2D eigenvalue weighted by Crippen LogP contribution is 2.38. The first-order valence-corrected chi connectivity index (χ1v) is 10.3. The molecule has 2 atom stereocenters. The van der Waals surface area contributed by atoms with Gasteiger partial charge in [0, 0.05) is 25.6 Å². The third-order valence-electron chi connectivity index (χ3n) is 6.26. The lowest BCUT2D eigenvalue weighted by molar-refractivity contribution is -0.139. The van der Waals surface area contributed by atoms with Crippen LogP contribution >= 0.6 is 0 Å². The van der Waals surface area contributed by atoms with Crippen LogP contribution in [0.1, 0.15) is 50.4 Å². The lowest BCUT2D eigenvalue weighted by Crippen LogP contribution is -2.43. The normalized spacial score (nSPS) is 27.5. The van der Waals surface area contributed by atoms with E-state index in [1.807, 2.05) is 9.58 Å². The number of hydrogen-bond acceptors (Lipinski definition) is 7. The van der Waals surface area contributed by atoms with E-state index in [0.717, 1.165) is 77.2 Å². The summed E-state index contributed by atoms with van der Waals surface area (Å²) in [7, 11) is 0. The van der Waals surface area contributed by atoms with Crippen molar-refractivity contribution in [1.29, 1.82) is 0 Å². The number of ether oxygens (including phenoxy) is 1. The van der Waals surface area contributed by atoms with Crippen LogP contribution < -0.4 is 0 Å². The molecule has 9 nitrogen and oxygen atoms in total. The molecule has 150 valence electrons. The number of rotatable bonds is 6. The van der Waals surface area contributed by atoms with E-state index < -0.39 is 0 Å². The zero-order chi connectivity index (χ0) is 18.6. The number of aliphatic hydroxyl groups is 1. The van der Waals surface area contributed by atoms with Crippen LogP contribution in [0, 0.1) is 5.92 Å². The van der Waals surface area contributed by atoms with E-state index in [-0.39, 0.29) is 30.5 Å². The number of aliphatic hydroxyl groups excluding tert-OH is 1. The van der Waals surface area contributed by atoms with Crippen molar-refractivity contribution in [1.82, 2.24) is 30.0 Å². The molecule has 1 aromatic rings. The molecule has 2 saturated heterocycles. The van der Waals surface area contributed by atoms with Crippen molar-refractivity contribution in [3.63, 3.8) is 0 Å². The molecule has 3 fully saturated rings. The summed E-state index contributed by atoms with van der Waals surface area (Å²) in [4.78, 5) is 17.4. The molecule has 9 heteroatoms. The Morgan fingerprint density at radius 3 is 2.63 bits per heavy atom. The molecule has 0 spiro atoms. The van der Waals surface area contributed by atoms with Gasteiger partial charge in [-0.05, 0) is 36.1 Å². The van der Waals surface area contributed by atoms with Crippen LogP contribution in [0.4, 0.5) is 0 Å². The van der Waals surface area contributed by atoms with Gasteiger partial charge in [-0.2, -0.15) is 0 Å². The second-order valence-corrected chi connectivity index (χ2v) is 7.87. The van der Waals surface area contributed by atoms with Crippen LogP contribution in [0.25, 0.3) is 0 Å². The summed E-state index contributed by atoms with van der Waals surface area (Å²) in [6.07, 6.45) is 5.77. The third kappa shape index (κ3) is 4.00. The molecule has 0 radical (unpaired) electrons. The Morgan fingerprint density at radius 1 is 1.11 bits per heavy atom. The van der Waals surface area contributed by atoms with E-state index in [2.05, 4.69) is 20.4 Å². The highest BCUT2D eigenvalue weighted by Gasteiger charge is 2.42. The van der Waals surface area contributed by atoms with Crippen molar-refractivity contribution in [2.45, 2.75) is 57.2 Å². The first-order valence-electron chi connectivity index (χ1n) is 10.3. The standard InChI is InChI=1S/C18H30N6O3/c25-13-15-5-6-16(24(15)18(26)14-3-1-2-4-14)17-19-20-21-23(17)8-7-22-9-11-27-12-10-22/h14-16,25H,1-13H2/t15-,16+/m0/s1. The molecule has 1 saturated carbocycles. The highest BCUT2D eigenvalue weighted by molar-refractivity contribution is 5.80. The topological polar surface area (TPSA) is 96.6 Å². The molecular formula is C18H30N6O3. The first-order chi connectivity index (χ1) is 13.3. The van der Waals surface area contributed by atoms with Crippen LogP contribution in [-0.4, -0.2) is 86.5 Å². The molecule has 3 heterocycles. The Bertz CT molecular complexity index is 626. The number of carbonyl (C=O) groups excluding carboxylic acids is 1. The van der Waals surface area contributed by atoms with E-state index in [1.54, 1.807) is 0 Å². The number of carbonyl (C=O) groups is 1. The zero-order valence-corrected chi connectivity index (χ0v) is 15.9. The quantitative estimate of drug-likeness (QED) is 0.756. The minimum atomic E-state index is -0.130. The first kappa shape index (κ1) is 18.8. The molecular weight excluding hydrogens is 348 g/mol. The molecule has 27 heavy (non-hydrogen) atoms. The smallest absolute Gasteiger partial charge is 0.226 e. The lowest BCUT2D eigenvalue weighted by Gasteiger charge is -2.31. The van der Waals surface area contributed by atoms with Crippen molar-refractivity contribution in [3.05, 3.63) is 5.82 Å². The number of morpholine rings is 1. The third-order valence-corrected chi connectivity index (χ3v) is 6.26. The zero-order valence-electron chi connectivity index (χ0n) is 15.9. The fraction of sp³-hybridized carbons (Fsp3) is 0.889. The Hall–Kier alpha value is -1.58. The van der Waals surface area contributed by atoms with Gasteiger partial charge in [-0.3, -0.25) is 9.69 Å². The van der Waals surface area contributed by atoms with Crippen LogP contribution in [0.15, 0.2) is 0 Å². The van der Waals surface area contributed by atoms with Gasteiger partial charge in [0.05, 0.1) is 38.4 Å². The second kappa shape index (κ2) is 8.62. The molecule has 0 bridgehead atoms. The monoisotopic (exact) mass is 378 g/mol. The van der Waals surface area contributed by atoms with Crippen LogP contribution in [0.2, 0.25) is 0 Å². The highest BCUT2D eigenvalue weighted by atomic mass is 16.5. The van der Waals surface area contributed by atoms with Gasteiger partial charge in [0.1, 0.15) is 0 Å². The molecule has 0 aromatic carbocycles. The Morgan fingerprint density at radius 2 is 1.89 bits per heavy atom. The van der Waals surface area contributed by atoms with Crippen molar-refractivity contribution < 1.29 is 14.6 Å². The van der Waals surface area contributed by atoms with Crippen LogP contribution in [-0.2, 0) is 16.1 Å². The molecule has 2 aliphatic heterocycles. The summed E-state index contributed by atoms with van der Waals surface area (Å²) in [5, 5.41) is 22.2. The summed E-state index contributed by atoms with van der Waals surface area (Å²) in [5.74, 6) is 1.03. The van der Waals surface area contributed by atoms with Gasteiger partial charge in [0.2, 0.25) is 5.91 Å². The van der Waals surface area contributed by atoms with E-state index in [0.29, 0.717) is 6.54 Å². The second-order valence-electron chi connectivity index (χ2n) is 7.87. The summed E-state index contributed by atoms with van der Waals surface area (Å²) >= 11 is 0. The molecule has 1 aliphatic carbocycles. The predicted octanol–water partition coefficient (Wildman–Crippen LogP) is 0.220. The van der Waals surface area contributed by atoms with Gasteiger partial charge in [-0.25, -0.2) is 4.68 Å². The van der Waals surface area contributed by atoms with Crippen molar-refractivity contribution >= 4 is 5.91 Å². The maximum absolute atomic E-state index is 13.2. The molecule has 1 amide bonds. The lowest BCUT2D eigenvalue weighted by atomic mass is 10.1. The molecule has 1 N–H and O–H groups in total. The van der Waals surface area contributed by atoms with Crippen molar-refractivity contribution in [2.24, 2.45) is 5.92 Å². The largest absolute Gasteiger partial charge is 0.394 e. The maximum Gasteiger partial charge on any atom is 0.226 e. The summed E-state index contributed by atoms with van der Waals surface area (Å²) in [6, 6.07) is -0.248. The minimum absolute atomic E-state index is 0.00427. The van der Waals surface area contributed by atoms with E-state index >= 15 is 0 Å². The summed E-state index contributed by atoms with van der Waals surface area (Å²) < 4.78 is 7.24. The summed E-state index contributed by atoms with van der Waals surface area (Å²) in [6.45, 7) is 4.98. The number of hydrogen-bond donors (Lipinski definition) is 1. The Balaban J connectivity index is 1.47. The molecule has 3 aliphatic rings. The minimum Gasteiger partial charge on any atom is -0.394 e. The molecule has 1 aromatic heterocycles. The fourth-order valence-corrected chi connectivity index (χ4v) is 4.70. The maximum atomic E-state index is 13.2. The van der Waals surface area contributed by atoms with Crippen LogP contribution in [0.5, 0.6) is 0 Å². The Kier molecular flexibility index (Phi) is 5.99. The van der Waals surface area contributed by atoms with E-state index in [4.69, 9.17) is 4.74 Å². The fourth-order valence-electron chi connectivity index (χ4n) is 4.70. The number of likely N-dealkylation sites (tertiary alicyclic amines) is 1.